The summed E-state index contributed by atoms with van der Waals surface area (Å²) in [4.78, 5) is 14.6. The molecule has 1 atom stereocenters. The topological polar surface area (TPSA) is 78.5 Å². The molecule has 6 nitrogen and oxygen atoms in total. The molecule has 1 aromatic rings. The lowest BCUT2D eigenvalue weighted by Crippen LogP contribution is -2.40. The third kappa shape index (κ3) is 5.36. The minimum atomic E-state index is -3.35. The summed E-state index contributed by atoms with van der Waals surface area (Å²) in [6.45, 7) is 3.33. The zero-order chi connectivity index (χ0) is 16.9. The molecule has 1 amide bonds. The highest BCUT2D eigenvalue weighted by Crippen LogP contribution is 2.21. The van der Waals surface area contributed by atoms with Gasteiger partial charge in [0.25, 0.3) is 5.91 Å². The molecule has 0 spiro atoms. The molecule has 1 heterocycles. The van der Waals surface area contributed by atoms with Crippen LogP contribution in [0.1, 0.15) is 36.5 Å². The lowest BCUT2D eigenvalue weighted by Gasteiger charge is -2.24. The first-order valence-electron chi connectivity index (χ1n) is 8.03. The number of nitrogens with zero attached hydrogens (tertiary/aromatic N) is 1. The molecule has 2 rings (SSSR count). The fourth-order valence-electron chi connectivity index (χ4n) is 2.93. The van der Waals surface area contributed by atoms with E-state index in [1.54, 1.807) is 24.3 Å². The maximum Gasteiger partial charge on any atom is 0.254 e. The lowest BCUT2D eigenvalue weighted by atomic mass is 10.1. The Morgan fingerprint density at radius 2 is 2.12 bits per heavy atom. The van der Waals surface area contributed by atoms with Gasteiger partial charge >= 0.3 is 0 Å². The molecule has 0 bridgehead atoms. The van der Waals surface area contributed by atoms with E-state index in [-0.39, 0.29) is 30.1 Å². The second kappa shape index (κ2) is 9.25. The summed E-state index contributed by atoms with van der Waals surface area (Å²) < 4.78 is 26.3. The number of anilines is 1. The van der Waals surface area contributed by atoms with Crippen molar-refractivity contribution >= 4 is 34.0 Å². The first kappa shape index (κ1) is 20.7. The van der Waals surface area contributed by atoms with Crippen molar-refractivity contribution in [2.75, 3.05) is 30.6 Å². The first-order chi connectivity index (χ1) is 11.0. The van der Waals surface area contributed by atoms with Gasteiger partial charge in [-0.05, 0) is 44.5 Å². The molecular formula is C16H26ClN3O3S. The van der Waals surface area contributed by atoms with Crippen molar-refractivity contribution in [1.29, 1.82) is 0 Å². The van der Waals surface area contributed by atoms with Gasteiger partial charge in [0.15, 0.2) is 0 Å². The van der Waals surface area contributed by atoms with Crippen LogP contribution in [0.25, 0.3) is 0 Å². The van der Waals surface area contributed by atoms with Gasteiger partial charge in [-0.2, -0.15) is 0 Å². The molecular weight excluding hydrogens is 350 g/mol. The van der Waals surface area contributed by atoms with E-state index in [1.165, 1.54) is 0 Å². The van der Waals surface area contributed by atoms with E-state index >= 15 is 0 Å². The number of rotatable bonds is 7. The van der Waals surface area contributed by atoms with Crippen molar-refractivity contribution < 1.29 is 13.2 Å². The largest absolute Gasteiger partial charge is 0.334 e. The Kier molecular flexibility index (Phi) is 7.99. The Morgan fingerprint density at radius 3 is 2.79 bits per heavy atom. The number of nitrogens with one attached hydrogen (secondary N) is 2. The van der Waals surface area contributed by atoms with E-state index < -0.39 is 10.0 Å². The van der Waals surface area contributed by atoms with Gasteiger partial charge in [-0.3, -0.25) is 9.52 Å². The van der Waals surface area contributed by atoms with E-state index in [1.807, 2.05) is 18.9 Å². The molecule has 0 aromatic heterocycles. The molecule has 1 aliphatic heterocycles. The number of benzene rings is 1. The highest BCUT2D eigenvalue weighted by atomic mass is 35.5. The van der Waals surface area contributed by atoms with Crippen LogP contribution in [0.2, 0.25) is 0 Å². The number of carbonyl (C=O) groups is 1. The molecule has 0 saturated carbocycles. The van der Waals surface area contributed by atoms with Crippen LogP contribution < -0.4 is 10.0 Å². The maximum absolute atomic E-state index is 12.7. The summed E-state index contributed by atoms with van der Waals surface area (Å²) in [5.41, 5.74) is 0.957. The highest BCUT2D eigenvalue weighted by molar-refractivity contribution is 7.92. The summed E-state index contributed by atoms with van der Waals surface area (Å²) >= 11 is 0. The number of amides is 1. The number of carbonyl (C=O) groups excluding carboxylic acids is 1. The summed E-state index contributed by atoms with van der Waals surface area (Å²) in [5.74, 6) is 0.0287. The van der Waals surface area contributed by atoms with Crippen molar-refractivity contribution in [2.45, 2.75) is 32.2 Å². The van der Waals surface area contributed by atoms with Gasteiger partial charge in [0, 0.05) is 30.4 Å². The minimum Gasteiger partial charge on any atom is -0.334 e. The zero-order valence-electron chi connectivity index (χ0n) is 14.1. The maximum atomic E-state index is 12.7. The van der Waals surface area contributed by atoms with Gasteiger partial charge in [-0.15, -0.1) is 12.4 Å². The molecule has 0 aliphatic carbocycles. The Morgan fingerprint density at radius 1 is 1.38 bits per heavy atom. The van der Waals surface area contributed by atoms with Crippen LogP contribution in [-0.4, -0.2) is 51.2 Å². The van der Waals surface area contributed by atoms with Crippen molar-refractivity contribution in [3.8, 4) is 0 Å². The second-order valence-electron chi connectivity index (χ2n) is 5.85. The van der Waals surface area contributed by atoms with Crippen LogP contribution in [0, 0.1) is 0 Å². The normalized spacial score (nSPS) is 17.4. The Bertz CT molecular complexity index is 652. The van der Waals surface area contributed by atoms with Gasteiger partial charge in [0.1, 0.15) is 0 Å². The van der Waals surface area contributed by atoms with Crippen LogP contribution in [0.15, 0.2) is 24.3 Å². The number of likely N-dealkylation sites (tertiary alicyclic amines) is 1. The van der Waals surface area contributed by atoms with E-state index in [2.05, 4.69) is 10.0 Å². The molecule has 1 unspecified atom stereocenters. The third-order valence-corrected chi connectivity index (χ3v) is 5.43. The van der Waals surface area contributed by atoms with Gasteiger partial charge in [0.05, 0.1) is 5.75 Å². The number of hydrogen-bond donors (Lipinski definition) is 2. The van der Waals surface area contributed by atoms with E-state index in [4.69, 9.17) is 0 Å². The van der Waals surface area contributed by atoms with Crippen LogP contribution >= 0.6 is 12.4 Å². The van der Waals surface area contributed by atoms with E-state index in [0.717, 1.165) is 25.9 Å². The molecule has 1 saturated heterocycles. The molecule has 1 fully saturated rings. The van der Waals surface area contributed by atoms with Crippen LogP contribution in [0.3, 0.4) is 0 Å². The molecule has 1 aliphatic rings. The van der Waals surface area contributed by atoms with Crippen molar-refractivity contribution in [1.82, 2.24) is 10.2 Å². The molecule has 8 heteroatoms. The summed E-state index contributed by atoms with van der Waals surface area (Å²) in [7, 11) is -1.47. The highest BCUT2D eigenvalue weighted by Gasteiger charge is 2.28. The molecule has 2 N–H and O–H groups in total. The van der Waals surface area contributed by atoms with E-state index in [0.29, 0.717) is 17.7 Å². The Balaban J connectivity index is 0.00000288. The van der Waals surface area contributed by atoms with Gasteiger partial charge in [-0.25, -0.2) is 8.42 Å². The number of hydrogen-bond acceptors (Lipinski definition) is 4. The molecule has 136 valence electrons. The van der Waals surface area contributed by atoms with Crippen LogP contribution in [-0.2, 0) is 10.0 Å². The summed E-state index contributed by atoms with van der Waals surface area (Å²) in [6.07, 6.45) is 2.55. The monoisotopic (exact) mass is 375 g/mol. The fraction of sp³-hybridized carbons (Fsp3) is 0.562. The zero-order valence-corrected chi connectivity index (χ0v) is 15.8. The number of halogens is 1. The van der Waals surface area contributed by atoms with Crippen LogP contribution in [0.4, 0.5) is 5.69 Å². The standard InChI is InChI=1S/C16H25N3O3S.ClH/c1-3-10-23(21,22)18-14-7-4-6-13(11-14)16(20)19-9-5-8-15(19)12-17-2;/h4,6-7,11,15,17-18H,3,5,8-10,12H2,1-2H3;1H. The average Bonchev–Trinajstić information content (AvgIpc) is 2.95. The fourth-order valence-corrected chi connectivity index (χ4v) is 4.06. The first-order valence-corrected chi connectivity index (χ1v) is 9.68. The molecule has 1 aromatic carbocycles. The Hall–Kier alpha value is -1.31. The quantitative estimate of drug-likeness (QED) is 0.764. The third-order valence-electron chi connectivity index (χ3n) is 3.93. The van der Waals surface area contributed by atoms with Gasteiger partial charge in [-0.1, -0.05) is 13.0 Å². The minimum absolute atomic E-state index is 0. The predicted octanol–water partition coefficient (Wildman–Crippen LogP) is 2.08. The van der Waals surface area contributed by atoms with Crippen molar-refractivity contribution in [2.24, 2.45) is 0 Å². The van der Waals surface area contributed by atoms with Gasteiger partial charge in [0.2, 0.25) is 10.0 Å². The SMILES string of the molecule is CCCS(=O)(=O)Nc1cccc(C(=O)N2CCCC2CNC)c1.Cl. The Labute approximate surface area is 150 Å². The van der Waals surface area contributed by atoms with Crippen molar-refractivity contribution in [3.05, 3.63) is 29.8 Å². The molecule has 24 heavy (non-hydrogen) atoms. The van der Waals surface area contributed by atoms with Gasteiger partial charge < -0.3 is 10.2 Å². The van der Waals surface area contributed by atoms with E-state index in [9.17, 15) is 13.2 Å². The molecule has 0 radical (unpaired) electrons. The number of sulfonamides is 1. The number of likely N-dealkylation sites (N-methyl/N-ethyl adjacent to an activating group) is 1. The van der Waals surface area contributed by atoms with Crippen LogP contribution in [0.5, 0.6) is 0 Å². The second-order valence-corrected chi connectivity index (χ2v) is 7.70. The average molecular weight is 376 g/mol. The summed E-state index contributed by atoms with van der Waals surface area (Å²) in [5, 5.41) is 3.12. The summed E-state index contributed by atoms with van der Waals surface area (Å²) in [6, 6.07) is 6.92. The lowest BCUT2D eigenvalue weighted by molar-refractivity contribution is 0.0737. The van der Waals surface area contributed by atoms with Crippen molar-refractivity contribution in [3.63, 3.8) is 0 Å². The smallest absolute Gasteiger partial charge is 0.254 e. The predicted molar refractivity (Wildman–Crippen MR) is 99.4 cm³/mol.